The van der Waals surface area contributed by atoms with Crippen molar-refractivity contribution >= 4 is 0 Å². The SMILES string of the molecule is NCCCNCC1CCCc2ccccc21. The molecule has 2 nitrogen and oxygen atoms in total. The van der Waals surface area contributed by atoms with Gasteiger partial charge in [0, 0.05) is 6.54 Å². The van der Waals surface area contributed by atoms with Crippen molar-refractivity contribution in [1.82, 2.24) is 5.32 Å². The van der Waals surface area contributed by atoms with Crippen molar-refractivity contribution in [2.24, 2.45) is 5.73 Å². The van der Waals surface area contributed by atoms with Crippen LogP contribution in [0.1, 0.15) is 36.3 Å². The fourth-order valence-corrected chi connectivity index (χ4v) is 2.57. The van der Waals surface area contributed by atoms with E-state index in [9.17, 15) is 0 Å². The van der Waals surface area contributed by atoms with Gasteiger partial charge in [-0.1, -0.05) is 24.3 Å². The number of hydrogen-bond donors (Lipinski definition) is 2. The van der Waals surface area contributed by atoms with Crippen LogP contribution < -0.4 is 11.1 Å². The minimum atomic E-state index is 0.711. The molecular formula is C14H22N2. The molecule has 0 aromatic heterocycles. The molecule has 1 aliphatic carbocycles. The molecule has 1 atom stereocenters. The highest BCUT2D eigenvalue weighted by Gasteiger charge is 2.18. The Morgan fingerprint density at radius 1 is 1.31 bits per heavy atom. The molecule has 1 aromatic rings. The Balaban J connectivity index is 1.91. The van der Waals surface area contributed by atoms with E-state index >= 15 is 0 Å². The van der Waals surface area contributed by atoms with Gasteiger partial charge in [0.15, 0.2) is 0 Å². The average Bonchev–Trinajstić information content (AvgIpc) is 2.35. The highest BCUT2D eigenvalue weighted by Crippen LogP contribution is 2.30. The second-order valence-electron chi connectivity index (χ2n) is 4.63. The van der Waals surface area contributed by atoms with E-state index in [1.165, 1.54) is 19.3 Å². The fraction of sp³-hybridized carbons (Fsp3) is 0.571. The number of hydrogen-bond acceptors (Lipinski definition) is 2. The summed E-state index contributed by atoms with van der Waals surface area (Å²) in [5, 5.41) is 3.52. The zero-order valence-electron chi connectivity index (χ0n) is 9.91. The fourth-order valence-electron chi connectivity index (χ4n) is 2.57. The van der Waals surface area contributed by atoms with Crippen LogP contribution in [0.15, 0.2) is 24.3 Å². The van der Waals surface area contributed by atoms with Gasteiger partial charge >= 0.3 is 0 Å². The lowest BCUT2D eigenvalue weighted by Gasteiger charge is -2.25. The highest BCUT2D eigenvalue weighted by atomic mass is 14.9. The summed E-state index contributed by atoms with van der Waals surface area (Å²) in [6.07, 6.45) is 5.00. The molecule has 2 rings (SSSR count). The Kier molecular flexibility index (Phi) is 4.37. The van der Waals surface area contributed by atoms with Gasteiger partial charge < -0.3 is 11.1 Å². The number of rotatable bonds is 5. The number of aryl methyl sites for hydroxylation is 1. The number of benzene rings is 1. The van der Waals surface area contributed by atoms with Crippen molar-refractivity contribution in [2.45, 2.75) is 31.6 Å². The topological polar surface area (TPSA) is 38.0 Å². The number of fused-ring (bicyclic) bond motifs is 1. The summed E-state index contributed by atoms with van der Waals surface area (Å²) in [6, 6.07) is 8.89. The molecule has 88 valence electrons. The monoisotopic (exact) mass is 218 g/mol. The lowest BCUT2D eigenvalue weighted by atomic mass is 9.83. The Morgan fingerprint density at radius 3 is 3.06 bits per heavy atom. The summed E-state index contributed by atoms with van der Waals surface area (Å²) < 4.78 is 0. The maximum absolute atomic E-state index is 5.48. The smallest absolute Gasteiger partial charge is 0.00202 e. The van der Waals surface area contributed by atoms with Crippen LogP contribution in [0.25, 0.3) is 0 Å². The van der Waals surface area contributed by atoms with Gasteiger partial charge in [-0.15, -0.1) is 0 Å². The summed E-state index contributed by atoms with van der Waals surface area (Å²) in [5.41, 5.74) is 8.60. The zero-order chi connectivity index (χ0) is 11.2. The van der Waals surface area contributed by atoms with E-state index in [1.807, 2.05) is 0 Å². The van der Waals surface area contributed by atoms with Gasteiger partial charge in [0.05, 0.1) is 0 Å². The Hall–Kier alpha value is -0.860. The van der Waals surface area contributed by atoms with E-state index in [0.717, 1.165) is 26.1 Å². The van der Waals surface area contributed by atoms with Gasteiger partial charge in [-0.3, -0.25) is 0 Å². The van der Waals surface area contributed by atoms with E-state index in [1.54, 1.807) is 11.1 Å². The molecule has 16 heavy (non-hydrogen) atoms. The summed E-state index contributed by atoms with van der Waals surface area (Å²) in [5.74, 6) is 0.711. The largest absolute Gasteiger partial charge is 0.330 e. The van der Waals surface area contributed by atoms with E-state index in [0.29, 0.717) is 5.92 Å². The molecular weight excluding hydrogens is 196 g/mol. The molecule has 0 heterocycles. The molecule has 1 unspecified atom stereocenters. The lowest BCUT2D eigenvalue weighted by Crippen LogP contribution is -2.26. The third-order valence-corrected chi connectivity index (χ3v) is 3.44. The molecule has 2 heteroatoms. The standard InChI is InChI=1S/C14H22N2/c15-9-4-10-16-11-13-7-3-6-12-5-1-2-8-14(12)13/h1-2,5,8,13,16H,3-4,6-7,9-11,15H2. The van der Waals surface area contributed by atoms with Crippen LogP contribution in [0.4, 0.5) is 0 Å². The van der Waals surface area contributed by atoms with Crippen molar-refractivity contribution in [3.63, 3.8) is 0 Å². The predicted octanol–water partition coefficient (Wildman–Crippen LogP) is 2.04. The molecule has 0 saturated heterocycles. The number of nitrogens with one attached hydrogen (secondary N) is 1. The van der Waals surface area contributed by atoms with Crippen molar-refractivity contribution in [2.75, 3.05) is 19.6 Å². The minimum absolute atomic E-state index is 0.711. The van der Waals surface area contributed by atoms with Crippen molar-refractivity contribution < 1.29 is 0 Å². The molecule has 0 amide bonds. The molecule has 0 aliphatic heterocycles. The van der Waals surface area contributed by atoms with Crippen LogP contribution in [-0.4, -0.2) is 19.6 Å². The van der Waals surface area contributed by atoms with E-state index < -0.39 is 0 Å². The molecule has 3 N–H and O–H groups in total. The minimum Gasteiger partial charge on any atom is -0.330 e. The summed E-state index contributed by atoms with van der Waals surface area (Å²) in [4.78, 5) is 0. The molecule has 1 aliphatic rings. The van der Waals surface area contributed by atoms with Gasteiger partial charge in [-0.25, -0.2) is 0 Å². The quantitative estimate of drug-likeness (QED) is 0.742. The van der Waals surface area contributed by atoms with E-state index in [4.69, 9.17) is 5.73 Å². The highest BCUT2D eigenvalue weighted by molar-refractivity contribution is 5.32. The third-order valence-electron chi connectivity index (χ3n) is 3.44. The first kappa shape index (κ1) is 11.6. The Labute approximate surface area is 98.2 Å². The molecule has 0 radical (unpaired) electrons. The average molecular weight is 218 g/mol. The Morgan fingerprint density at radius 2 is 2.19 bits per heavy atom. The van der Waals surface area contributed by atoms with Gasteiger partial charge in [0.1, 0.15) is 0 Å². The van der Waals surface area contributed by atoms with Gasteiger partial charge in [-0.2, -0.15) is 0 Å². The van der Waals surface area contributed by atoms with E-state index in [-0.39, 0.29) is 0 Å². The van der Waals surface area contributed by atoms with Crippen LogP contribution in [0.2, 0.25) is 0 Å². The van der Waals surface area contributed by atoms with Crippen molar-refractivity contribution in [3.05, 3.63) is 35.4 Å². The first-order chi connectivity index (χ1) is 7.92. The summed E-state index contributed by atoms with van der Waals surface area (Å²) in [6.45, 7) is 2.94. The third kappa shape index (κ3) is 2.83. The second-order valence-corrected chi connectivity index (χ2v) is 4.63. The first-order valence-electron chi connectivity index (χ1n) is 6.40. The van der Waals surface area contributed by atoms with Crippen molar-refractivity contribution in [3.8, 4) is 0 Å². The summed E-state index contributed by atoms with van der Waals surface area (Å²) >= 11 is 0. The lowest BCUT2D eigenvalue weighted by molar-refractivity contribution is 0.504. The molecule has 0 fully saturated rings. The van der Waals surface area contributed by atoms with Gasteiger partial charge in [-0.05, 0) is 55.8 Å². The van der Waals surface area contributed by atoms with Crippen LogP contribution >= 0.6 is 0 Å². The van der Waals surface area contributed by atoms with Crippen LogP contribution in [0.3, 0.4) is 0 Å². The first-order valence-corrected chi connectivity index (χ1v) is 6.40. The van der Waals surface area contributed by atoms with Crippen LogP contribution in [0.5, 0.6) is 0 Å². The number of nitrogens with two attached hydrogens (primary N) is 1. The molecule has 1 aromatic carbocycles. The predicted molar refractivity (Wildman–Crippen MR) is 68.7 cm³/mol. The maximum atomic E-state index is 5.48. The second kappa shape index (κ2) is 6.02. The molecule has 0 bridgehead atoms. The van der Waals surface area contributed by atoms with Crippen LogP contribution in [-0.2, 0) is 6.42 Å². The molecule has 0 spiro atoms. The van der Waals surface area contributed by atoms with E-state index in [2.05, 4.69) is 29.6 Å². The molecule has 0 saturated carbocycles. The van der Waals surface area contributed by atoms with Crippen LogP contribution in [0, 0.1) is 0 Å². The van der Waals surface area contributed by atoms with Crippen molar-refractivity contribution in [1.29, 1.82) is 0 Å². The summed E-state index contributed by atoms with van der Waals surface area (Å²) in [7, 11) is 0. The van der Waals surface area contributed by atoms with Gasteiger partial charge in [0.25, 0.3) is 0 Å². The Bertz CT molecular complexity index is 322. The maximum Gasteiger partial charge on any atom is 0.00202 e. The zero-order valence-corrected chi connectivity index (χ0v) is 9.91. The normalized spacial score (nSPS) is 19.4. The van der Waals surface area contributed by atoms with Gasteiger partial charge in [0.2, 0.25) is 0 Å².